The van der Waals surface area contributed by atoms with Crippen molar-refractivity contribution >= 4 is 15.7 Å². The van der Waals surface area contributed by atoms with Crippen LogP contribution >= 0.6 is 0 Å². The SMILES string of the molecule is C[C@@H]1[C@@H]2C[C@@H]([C@H](S(=O)(=O)N3CCOCC3)/C2=N\O)C1(C)C. The first-order valence-corrected chi connectivity index (χ1v) is 9.10. The second-order valence-corrected chi connectivity index (χ2v) is 9.11. The normalized spacial score (nSPS) is 41.8. The molecule has 0 aromatic carbocycles. The number of hydrogen-bond donors (Lipinski definition) is 1. The molecule has 3 aliphatic rings. The van der Waals surface area contributed by atoms with E-state index in [1.807, 2.05) is 0 Å². The van der Waals surface area contributed by atoms with Gasteiger partial charge in [-0.15, -0.1) is 0 Å². The molecule has 0 spiro atoms. The van der Waals surface area contributed by atoms with Crippen molar-refractivity contribution in [1.29, 1.82) is 0 Å². The molecule has 7 heteroatoms. The molecule has 0 unspecified atom stereocenters. The maximum atomic E-state index is 13.0. The topological polar surface area (TPSA) is 79.2 Å². The molecule has 1 saturated heterocycles. The van der Waals surface area contributed by atoms with Crippen LogP contribution in [0.25, 0.3) is 0 Å². The fraction of sp³-hybridized carbons (Fsp3) is 0.929. The minimum absolute atomic E-state index is 0.0243. The molecular weight excluding hydrogens is 292 g/mol. The average Bonchev–Trinajstić information content (AvgIpc) is 2.96. The molecule has 0 aromatic rings. The van der Waals surface area contributed by atoms with Crippen LogP contribution in [0.4, 0.5) is 0 Å². The minimum atomic E-state index is -3.49. The maximum Gasteiger partial charge on any atom is 0.222 e. The highest BCUT2D eigenvalue weighted by Crippen LogP contribution is 2.59. The van der Waals surface area contributed by atoms with Crippen LogP contribution < -0.4 is 0 Å². The Bertz CT molecular complexity index is 551. The monoisotopic (exact) mass is 316 g/mol. The zero-order chi connectivity index (χ0) is 15.4. The molecular formula is C14H24N2O4S. The third-order valence-electron chi connectivity index (χ3n) is 6.04. The lowest BCUT2D eigenvalue weighted by atomic mass is 9.69. The van der Waals surface area contributed by atoms with Gasteiger partial charge in [0.1, 0.15) is 5.25 Å². The lowest BCUT2D eigenvalue weighted by Crippen LogP contribution is -2.53. The number of morpholine rings is 1. The van der Waals surface area contributed by atoms with Gasteiger partial charge in [-0.2, -0.15) is 4.31 Å². The molecule has 1 aliphatic heterocycles. The van der Waals surface area contributed by atoms with Crippen molar-refractivity contribution in [1.82, 2.24) is 4.31 Å². The predicted molar refractivity (Wildman–Crippen MR) is 78.9 cm³/mol. The van der Waals surface area contributed by atoms with E-state index >= 15 is 0 Å². The molecule has 4 atom stereocenters. The van der Waals surface area contributed by atoms with Gasteiger partial charge in [0.15, 0.2) is 0 Å². The van der Waals surface area contributed by atoms with E-state index in [-0.39, 0.29) is 17.3 Å². The van der Waals surface area contributed by atoms with E-state index in [0.717, 1.165) is 6.42 Å². The Hall–Kier alpha value is -0.660. The second-order valence-electron chi connectivity index (χ2n) is 7.06. The van der Waals surface area contributed by atoms with Gasteiger partial charge < -0.3 is 9.94 Å². The van der Waals surface area contributed by atoms with Gasteiger partial charge in [-0.1, -0.05) is 25.9 Å². The van der Waals surface area contributed by atoms with E-state index < -0.39 is 15.3 Å². The maximum absolute atomic E-state index is 13.0. The van der Waals surface area contributed by atoms with Gasteiger partial charge >= 0.3 is 0 Å². The molecule has 1 N–H and O–H groups in total. The Balaban J connectivity index is 1.97. The Labute approximate surface area is 126 Å². The largest absolute Gasteiger partial charge is 0.411 e. The summed E-state index contributed by atoms with van der Waals surface area (Å²) in [5.74, 6) is 0.441. The average molecular weight is 316 g/mol. The number of hydrogen-bond acceptors (Lipinski definition) is 5. The van der Waals surface area contributed by atoms with Crippen LogP contribution in [0, 0.1) is 23.2 Å². The summed E-state index contributed by atoms with van der Waals surface area (Å²) < 4.78 is 32.8. The molecule has 2 saturated carbocycles. The van der Waals surface area contributed by atoms with E-state index in [9.17, 15) is 13.6 Å². The molecule has 3 fully saturated rings. The van der Waals surface area contributed by atoms with Gasteiger partial charge in [0.05, 0.1) is 18.9 Å². The summed E-state index contributed by atoms with van der Waals surface area (Å²) >= 11 is 0. The van der Waals surface area contributed by atoms with E-state index in [2.05, 4.69) is 25.9 Å². The first-order valence-electron chi connectivity index (χ1n) is 7.60. The summed E-state index contributed by atoms with van der Waals surface area (Å²) in [5.41, 5.74) is 0.418. The van der Waals surface area contributed by atoms with Gasteiger partial charge in [-0.05, 0) is 23.7 Å². The highest BCUT2D eigenvalue weighted by atomic mass is 32.2. The van der Waals surface area contributed by atoms with Crippen LogP contribution in [0.15, 0.2) is 5.16 Å². The standard InChI is InChI=1S/C14H24N2O4S/c1-9-10-8-11(14(9,2)3)13(12(10)15-17)21(18,19)16-4-6-20-7-5-16/h9-11,13,17H,4-8H2,1-3H3/b15-12-/t9-,10+,11+,13+/m1/s1. The Kier molecular flexibility index (Phi) is 3.58. The van der Waals surface area contributed by atoms with E-state index in [0.29, 0.717) is 37.9 Å². The number of sulfonamides is 1. The van der Waals surface area contributed by atoms with Gasteiger partial charge in [-0.3, -0.25) is 0 Å². The van der Waals surface area contributed by atoms with Gasteiger partial charge in [0.2, 0.25) is 10.0 Å². The van der Waals surface area contributed by atoms with Crippen LogP contribution in [0.2, 0.25) is 0 Å². The molecule has 1 heterocycles. The number of ether oxygens (including phenoxy) is 1. The lowest BCUT2D eigenvalue weighted by Gasteiger charge is -2.42. The van der Waals surface area contributed by atoms with Crippen molar-refractivity contribution in [3.8, 4) is 0 Å². The van der Waals surface area contributed by atoms with Crippen LogP contribution in [0.3, 0.4) is 0 Å². The molecule has 2 aliphatic carbocycles. The van der Waals surface area contributed by atoms with Crippen molar-refractivity contribution in [2.75, 3.05) is 26.3 Å². The Morgan fingerprint density at radius 1 is 1.33 bits per heavy atom. The zero-order valence-electron chi connectivity index (χ0n) is 12.8. The smallest absolute Gasteiger partial charge is 0.222 e. The number of oxime groups is 1. The van der Waals surface area contributed by atoms with E-state index in [1.165, 1.54) is 4.31 Å². The second kappa shape index (κ2) is 4.93. The number of rotatable bonds is 2. The van der Waals surface area contributed by atoms with Crippen LogP contribution in [0.1, 0.15) is 27.2 Å². The summed E-state index contributed by atoms with van der Waals surface area (Å²) in [4.78, 5) is 0. The molecule has 3 rings (SSSR count). The van der Waals surface area contributed by atoms with Crippen LogP contribution in [-0.2, 0) is 14.8 Å². The third-order valence-corrected chi connectivity index (χ3v) is 8.34. The fourth-order valence-corrected chi connectivity index (χ4v) is 6.78. The summed E-state index contributed by atoms with van der Waals surface area (Å²) in [6.07, 6.45) is 0.807. The van der Waals surface area contributed by atoms with Crippen molar-refractivity contribution in [2.24, 2.45) is 28.3 Å². The van der Waals surface area contributed by atoms with E-state index in [4.69, 9.17) is 4.74 Å². The first-order chi connectivity index (χ1) is 9.81. The number of nitrogens with zero attached hydrogens (tertiary/aromatic N) is 2. The quantitative estimate of drug-likeness (QED) is 0.612. The Morgan fingerprint density at radius 2 is 1.95 bits per heavy atom. The van der Waals surface area contributed by atoms with E-state index in [1.54, 1.807) is 0 Å². The molecule has 0 amide bonds. The molecule has 0 radical (unpaired) electrons. The molecule has 21 heavy (non-hydrogen) atoms. The highest BCUT2D eigenvalue weighted by Gasteiger charge is 2.63. The molecule has 120 valence electrons. The highest BCUT2D eigenvalue weighted by molar-refractivity contribution is 7.90. The predicted octanol–water partition coefficient (Wildman–Crippen LogP) is 1.16. The third kappa shape index (κ3) is 2.04. The fourth-order valence-electron chi connectivity index (χ4n) is 4.40. The summed E-state index contributed by atoms with van der Waals surface area (Å²) in [5, 5.41) is 12.1. The molecule has 0 aromatic heterocycles. The summed E-state index contributed by atoms with van der Waals surface area (Å²) in [6.45, 7) is 8.07. The van der Waals surface area contributed by atoms with Crippen LogP contribution in [-0.4, -0.2) is 55.2 Å². The molecule has 2 bridgehead atoms. The lowest BCUT2D eigenvalue weighted by molar-refractivity contribution is 0.0719. The summed E-state index contributed by atoms with van der Waals surface area (Å²) in [7, 11) is -3.49. The zero-order valence-corrected chi connectivity index (χ0v) is 13.6. The molecule has 6 nitrogen and oxygen atoms in total. The van der Waals surface area contributed by atoms with Gasteiger partial charge in [0, 0.05) is 19.0 Å². The van der Waals surface area contributed by atoms with Gasteiger partial charge in [0.25, 0.3) is 0 Å². The van der Waals surface area contributed by atoms with Crippen molar-refractivity contribution in [3.63, 3.8) is 0 Å². The van der Waals surface area contributed by atoms with Crippen molar-refractivity contribution in [2.45, 2.75) is 32.4 Å². The van der Waals surface area contributed by atoms with Crippen LogP contribution in [0.5, 0.6) is 0 Å². The van der Waals surface area contributed by atoms with Gasteiger partial charge in [-0.25, -0.2) is 8.42 Å². The van der Waals surface area contributed by atoms with Crippen molar-refractivity contribution < 1.29 is 18.4 Å². The first kappa shape index (κ1) is 15.2. The minimum Gasteiger partial charge on any atom is -0.411 e. The summed E-state index contributed by atoms with van der Waals surface area (Å²) in [6, 6.07) is 0. The van der Waals surface area contributed by atoms with Crippen molar-refractivity contribution in [3.05, 3.63) is 0 Å². The Morgan fingerprint density at radius 3 is 2.52 bits per heavy atom. The number of fused-ring (bicyclic) bond motifs is 2.